The SMILES string of the molecule is CC(C)c1ccc(Nc2nc3cc(CCC(=O)O)ccc3n2[C@@H]2C[C@H](C)CC[C@H]2C(C)C)cc1. The molecule has 1 fully saturated rings. The molecule has 182 valence electrons. The van der Waals surface area contributed by atoms with Gasteiger partial charge in [0.05, 0.1) is 11.0 Å². The number of hydrogen-bond donors (Lipinski definition) is 2. The first-order valence-electron chi connectivity index (χ1n) is 12.8. The average molecular weight is 462 g/mol. The van der Waals surface area contributed by atoms with Gasteiger partial charge >= 0.3 is 5.97 Å². The molecule has 34 heavy (non-hydrogen) atoms. The lowest BCUT2D eigenvalue weighted by Gasteiger charge is -2.39. The van der Waals surface area contributed by atoms with E-state index in [0.717, 1.165) is 34.7 Å². The van der Waals surface area contributed by atoms with Crippen molar-refractivity contribution in [3.8, 4) is 0 Å². The van der Waals surface area contributed by atoms with Gasteiger partial charge in [-0.25, -0.2) is 4.98 Å². The molecule has 0 saturated heterocycles. The van der Waals surface area contributed by atoms with Gasteiger partial charge in [-0.3, -0.25) is 4.79 Å². The van der Waals surface area contributed by atoms with Gasteiger partial charge in [0, 0.05) is 18.2 Å². The maximum Gasteiger partial charge on any atom is 0.303 e. The Kier molecular flexibility index (Phi) is 7.30. The normalized spacial score (nSPS) is 20.9. The molecule has 4 rings (SSSR count). The zero-order valence-corrected chi connectivity index (χ0v) is 21.2. The van der Waals surface area contributed by atoms with E-state index in [-0.39, 0.29) is 6.42 Å². The highest BCUT2D eigenvalue weighted by Gasteiger charge is 2.34. The van der Waals surface area contributed by atoms with Gasteiger partial charge in [-0.2, -0.15) is 0 Å². The quantitative estimate of drug-likeness (QED) is 0.363. The third-order valence-electron chi connectivity index (χ3n) is 7.53. The molecule has 0 unspecified atom stereocenters. The van der Waals surface area contributed by atoms with Crippen molar-refractivity contribution in [3.63, 3.8) is 0 Å². The average Bonchev–Trinajstić information content (AvgIpc) is 3.14. The third kappa shape index (κ3) is 5.29. The van der Waals surface area contributed by atoms with E-state index in [0.29, 0.717) is 36.1 Å². The number of aliphatic carboxylic acids is 1. The molecule has 1 aromatic heterocycles. The minimum atomic E-state index is -0.770. The van der Waals surface area contributed by atoms with Crippen LogP contribution in [0.2, 0.25) is 0 Å². The fourth-order valence-electron chi connectivity index (χ4n) is 5.50. The highest BCUT2D eigenvalue weighted by Crippen LogP contribution is 2.44. The molecule has 0 bridgehead atoms. The molecule has 1 heterocycles. The van der Waals surface area contributed by atoms with Gasteiger partial charge < -0.3 is 15.0 Å². The number of rotatable bonds is 8. The number of imidazole rings is 1. The van der Waals surface area contributed by atoms with E-state index < -0.39 is 5.97 Å². The topological polar surface area (TPSA) is 67.2 Å². The standard InChI is InChI=1S/C29H39N3O2/c1-18(2)22-9-11-23(12-10-22)30-29-31-25-17-21(8-15-28(33)34)7-14-26(25)32(29)27-16-20(5)6-13-24(27)19(3)4/h7,9-12,14,17-20,24,27H,6,8,13,15-16H2,1-5H3,(H,30,31)(H,33,34)/t20-,24+,27-/m1/s1. The summed E-state index contributed by atoms with van der Waals surface area (Å²) in [5.74, 6) is 2.50. The zero-order chi connectivity index (χ0) is 24.4. The maximum atomic E-state index is 11.1. The molecule has 3 atom stereocenters. The fourth-order valence-corrected chi connectivity index (χ4v) is 5.50. The van der Waals surface area contributed by atoms with E-state index in [1.165, 1.54) is 18.4 Å². The first kappa shape index (κ1) is 24.3. The molecule has 5 heteroatoms. The Morgan fingerprint density at radius 2 is 1.85 bits per heavy atom. The first-order valence-corrected chi connectivity index (χ1v) is 12.8. The zero-order valence-electron chi connectivity index (χ0n) is 21.2. The molecule has 1 aliphatic rings. The number of benzene rings is 2. The minimum absolute atomic E-state index is 0.134. The Balaban J connectivity index is 1.77. The van der Waals surface area contributed by atoms with Crippen LogP contribution in [0.3, 0.4) is 0 Å². The molecule has 5 nitrogen and oxygen atoms in total. The maximum absolute atomic E-state index is 11.1. The summed E-state index contributed by atoms with van der Waals surface area (Å²) < 4.78 is 2.44. The third-order valence-corrected chi connectivity index (χ3v) is 7.53. The van der Waals surface area contributed by atoms with Crippen molar-refractivity contribution in [2.75, 3.05) is 5.32 Å². The van der Waals surface area contributed by atoms with Crippen molar-refractivity contribution < 1.29 is 9.90 Å². The monoisotopic (exact) mass is 461 g/mol. The van der Waals surface area contributed by atoms with E-state index >= 15 is 0 Å². The minimum Gasteiger partial charge on any atom is -0.481 e. The van der Waals surface area contributed by atoms with Crippen LogP contribution in [-0.2, 0) is 11.2 Å². The van der Waals surface area contributed by atoms with Gasteiger partial charge in [0.2, 0.25) is 5.95 Å². The summed E-state index contributed by atoms with van der Waals surface area (Å²) in [4.78, 5) is 16.1. The van der Waals surface area contributed by atoms with Crippen LogP contribution in [0.15, 0.2) is 42.5 Å². The number of anilines is 2. The van der Waals surface area contributed by atoms with Gasteiger partial charge in [-0.1, -0.05) is 59.2 Å². The second kappa shape index (κ2) is 10.2. The Morgan fingerprint density at radius 1 is 1.12 bits per heavy atom. The van der Waals surface area contributed by atoms with Crippen LogP contribution in [0.5, 0.6) is 0 Å². The number of hydrogen-bond acceptors (Lipinski definition) is 3. The first-order chi connectivity index (χ1) is 16.2. The number of aromatic nitrogens is 2. The number of carboxylic acid groups (broad SMARTS) is 1. The van der Waals surface area contributed by atoms with Crippen LogP contribution in [0, 0.1) is 17.8 Å². The van der Waals surface area contributed by atoms with Crippen molar-refractivity contribution >= 4 is 28.6 Å². The summed E-state index contributed by atoms with van der Waals surface area (Å²) in [7, 11) is 0. The number of carbonyl (C=O) groups is 1. The fraction of sp³-hybridized carbons (Fsp3) is 0.517. The molecule has 1 saturated carbocycles. The van der Waals surface area contributed by atoms with Crippen molar-refractivity contribution in [2.45, 2.75) is 78.7 Å². The lowest BCUT2D eigenvalue weighted by molar-refractivity contribution is -0.136. The van der Waals surface area contributed by atoms with Gasteiger partial charge in [0.25, 0.3) is 0 Å². The smallest absolute Gasteiger partial charge is 0.303 e. The predicted molar refractivity (Wildman–Crippen MR) is 140 cm³/mol. The van der Waals surface area contributed by atoms with Crippen LogP contribution >= 0.6 is 0 Å². The van der Waals surface area contributed by atoms with Crippen LogP contribution in [0.1, 0.15) is 83.4 Å². The number of nitrogens with one attached hydrogen (secondary N) is 1. The van der Waals surface area contributed by atoms with Gasteiger partial charge in [0.1, 0.15) is 0 Å². The lowest BCUT2D eigenvalue weighted by Crippen LogP contribution is -2.30. The van der Waals surface area contributed by atoms with E-state index in [4.69, 9.17) is 10.1 Å². The summed E-state index contributed by atoms with van der Waals surface area (Å²) >= 11 is 0. The molecule has 0 radical (unpaired) electrons. The Morgan fingerprint density at radius 3 is 2.50 bits per heavy atom. The molecule has 2 aromatic carbocycles. The van der Waals surface area contributed by atoms with Gasteiger partial charge in [-0.15, -0.1) is 0 Å². The Labute approximate surface area is 203 Å². The largest absolute Gasteiger partial charge is 0.481 e. The highest BCUT2D eigenvalue weighted by molar-refractivity contribution is 5.81. The van der Waals surface area contributed by atoms with E-state index in [9.17, 15) is 4.79 Å². The van der Waals surface area contributed by atoms with Crippen molar-refractivity contribution in [1.29, 1.82) is 0 Å². The number of nitrogens with zero attached hydrogens (tertiary/aromatic N) is 2. The molecule has 3 aromatic rings. The van der Waals surface area contributed by atoms with Crippen LogP contribution in [0.25, 0.3) is 11.0 Å². The van der Waals surface area contributed by atoms with E-state index in [1.54, 1.807) is 0 Å². The summed E-state index contributed by atoms with van der Waals surface area (Å²) in [5.41, 5.74) is 5.44. The molecule has 0 aliphatic heterocycles. The second-order valence-electron chi connectivity index (χ2n) is 10.8. The molecule has 0 spiro atoms. The van der Waals surface area contributed by atoms with Crippen molar-refractivity contribution in [2.24, 2.45) is 17.8 Å². The van der Waals surface area contributed by atoms with Crippen molar-refractivity contribution in [3.05, 3.63) is 53.6 Å². The summed E-state index contributed by atoms with van der Waals surface area (Å²) in [6, 6.07) is 15.3. The van der Waals surface area contributed by atoms with Gasteiger partial charge in [0.15, 0.2) is 0 Å². The van der Waals surface area contributed by atoms with Crippen LogP contribution in [-0.4, -0.2) is 20.6 Å². The number of carboxylic acids is 1. The van der Waals surface area contributed by atoms with Gasteiger partial charge in [-0.05, 0) is 78.3 Å². The summed E-state index contributed by atoms with van der Waals surface area (Å²) in [5, 5.41) is 12.7. The predicted octanol–water partition coefficient (Wildman–Crippen LogP) is 7.55. The van der Waals surface area contributed by atoms with Crippen molar-refractivity contribution in [1.82, 2.24) is 9.55 Å². The Bertz CT molecular complexity index is 1130. The molecule has 0 amide bonds. The van der Waals surface area contributed by atoms with E-state index in [2.05, 4.69) is 87.0 Å². The second-order valence-corrected chi connectivity index (χ2v) is 10.8. The molecule has 2 N–H and O–H groups in total. The lowest BCUT2D eigenvalue weighted by atomic mass is 9.74. The summed E-state index contributed by atoms with van der Waals surface area (Å²) in [6.07, 6.45) is 4.32. The number of aryl methyl sites for hydroxylation is 1. The molecule has 1 aliphatic carbocycles. The number of fused-ring (bicyclic) bond motifs is 1. The van der Waals surface area contributed by atoms with Crippen LogP contribution < -0.4 is 5.32 Å². The van der Waals surface area contributed by atoms with E-state index in [1.807, 2.05) is 0 Å². The Hall–Kier alpha value is -2.82. The van der Waals surface area contributed by atoms with Crippen LogP contribution in [0.4, 0.5) is 11.6 Å². The molecular weight excluding hydrogens is 422 g/mol. The summed E-state index contributed by atoms with van der Waals surface area (Å²) in [6.45, 7) is 11.5. The highest BCUT2D eigenvalue weighted by atomic mass is 16.4. The molecular formula is C29H39N3O2.